The molecule has 4 heterocycles. The fourth-order valence-corrected chi connectivity index (χ4v) is 4.17. The lowest BCUT2D eigenvalue weighted by molar-refractivity contribution is -0.139. The van der Waals surface area contributed by atoms with Crippen molar-refractivity contribution in [2.24, 2.45) is 17.6 Å². The van der Waals surface area contributed by atoms with Crippen LogP contribution in [-0.4, -0.2) is 58.1 Å². The second kappa shape index (κ2) is 8.55. The van der Waals surface area contributed by atoms with Gasteiger partial charge in [-0.15, -0.1) is 10.2 Å². The van der Waals surface area contributed by atoms with E-state index in [1.807, 2.05) is 29.2 Å². The molecule has 0 aliphatic carbocycles. The highest BCUT2D eigenvalue weighted by Gasteiger charge is 2.32. The molecule has 0 radical (unpaired) electrons. The van der Waals surface area contributed by atoms with Crippen LogP contribution < -0.4 is 10.6 Å². The lowest BCUT2D eigenvalue weighted by atomic mass is 9.92. The molecule has 2 amide bonds. The molecular formula is C21H26N6O2. The van der Waals surface area contributed by atoms with Crippen LogP contribution in [0.15, 0.2) is 36.7 Å². The maximum absolute atomic E-state index is 12.8. The lowest BCUT2D eigenvalue weighted by Gasteiger charge is -2.37. The number of likely N-dealkylation sites (tertiary alicyclic amines) is 1. The Labute approximate surface area is 170 Å². The molecule has 4 rings (SSSR count). The van der Waals surface area contributed by atoms with Gasteiger partial charge in [-0.25, -0.2) is 0 Å². The molecule has 8 nitrogen and oxygen atoms in total. The Kier molecular flexibility index (Phi) is 5.69. The Morgan fingerprint density at radius 2 is 1.52 bits per heavy atom. The van der Waals surface area contributed by atoms with Crippen LogP contribution in [0.25, 0.3) is 11.3 Å². The highest BCUT2D eigenvalue weighted by Crippen LogP contribution is 2.26. The quantitative estimate of drug-likeness (QED) is 0.842. The van der Waals surface area contributed by atoms with Crippen LogP contribution in [0, 0.1) is 11.8 Å². The molecule has 152 valence electrons. The number of carbonyl (C=O) groups is 2. The Balaban J connectivity index is 1.30. The van der Waals surface area contributed by atoms with Crippen LogP contribution in [0.4, 0.5) is 5.82 Å². The SMILES string of the molecule is NC(=O)C1CCN(C(=O)C2CCN(c3ccc(-c4ccncc4)nn3)CC2)CC1. The van der Waals surface area contributed by atoms with E-state index in [0.717, 1.165) is 43.0 Å². The molecule has 2 aromatic rings. The van der Waals surface area contributed by atoms with Gasteiger partial charge < -0.3 is 15.5 Å². The average molecular weight is 394 g/mol. The summed E-state index contributed by atoms with van der Waals surface area (Å²) >= 11 is 0. The van der Waals surface area contributed by atoms with E-state index in [2.05, 4.69) is 20.1 Å². The van der Waals surface area contributed by atoms with Crippen molar-refractivity contribution in [3.05, 3.63) is 36.7 Å². The third-order valence-electron chi connectivity index (χ3n) is 6.00. The summed E-state index contributed by atoms with van der Waals surface area (Å²) in [6.45, 7) is 2.85. The van der Waals surface area contributed by atoms with Gasteiger partial charge in [-0.05, 0) is 49.9 Å². The molecule has 0 aromatic carbocycles. The molecule has 2 fully saturated rings. The minimum Gasteiger partial charge on any atom is -0.369 e. The summed E-state index contributed by atoms with van der Waals surface area (Å²) < 4.78 is 0. The number of pyridine rings is 1. The van der Waals surface area contributed by atoms with Crippen LogP contribution in [0.3, 0.4) is 0 Å². The zero-order valence-electron chi connectivity index (χ0n) is 16.4. The Morgan fingerprint density at radius 1 is 0.862 bits per heavy atom. The first-order valence-corrected chi connectivity index (χ1v) is 10.2. The molecule has 8 heteroatoms. The molecular weight excluding hydrogens is 368 g/mol. The standard InChI is InChI=1S/C21H26N6O2/c22-20(28)16-5-13-27(14-6-16)21(29)17-7-11-26(12-8-17)19-2-1-18(24-25-19)15-3-9-23-10-4-15/h1-4,9-10,16-17H,5-8,11-14H2,(H2,22,28). The minimum absolute atomic E-state index is 0.0421. The summed E-state index contributed by atoms with van der Waals surface area (Å²) in [5, 5.41) is 8.72. The smallest absolute Gasteiger partial charge is 0.225 e. The van der Waals surface area contributed by atoms with E-state index >= 15 is 0 Å². The average Bonchev–Trinajstić information content (AvgIpc) is 2.79. The van der Waals surface area contributed by atoms with Crippen molar-refractivity contribution in [3.63, 3.8) is 0 Å². The van der Waals surface area contributed by atoms with Crippen molar-refractivity contribution in [2.75, 3.05) is 31.1 Å². The van der Waals surface area contributed by atoms with Gasteiger partial charge in [0.05, 0.1) is 5.69 Å². The van der Waals surface area contributed by atoms with Crippen molar-refractivity contribution >= 4 is 17.6 Å². The van der Waals surface area contributed by atoms with E-state index < -0.39 is 0 Å². The maximum atomic E-state index is 12.8. The summed E-state index contributed by atoms with van der Waals surface area (Å²) in [6, 6.07) is 7.78. The Bertz CT molecular complexity index is 841. The van der Waals surface area contributed by atoms with Gasteiger partial charge in [0, 0.05) is 56.0 Å². The third-order valence-corrected chi connectivity index (χ3v) is 6.00. The summed E-state index contributed by atoms with van der Waals surface area (Å²) in [6.07, 6.45) is 6.45. The fourth-order valence-electron chi connectivity index (χ4n) is 4.17. The van der Waals surface area contributed by atoms with Crippen molar-refractivity contribution in [1.29, 1.82) is 0 Å². The van der Waals surface area contributed by atoms with Crippen molar-refractivity contribution < 1.29 is 9.59 Å². The van der Waals surface area contributed by atoms with Crippen LogP contribution in [0.1, 0.15) is 25.7 Å². The number of anilines is 1. The van der Waals surface area contributed by atoms with Gasteiger partial charge in [-0.3, -0.25) is 14.6 Å². The van der Waals surface area contributed by atoms with Crippen LogP contribution in [-0.2, 0) is 9.59 Å². The van der Waals surface area contributed by atoms with Gasteiger partial charge in [0.2, 0.25) is 11.8 Å². The van der Waals surface area contributed by atoms with Crippen molar-refractivity contribution in [2.45, 2.75) is 25.7 Å². The first-order chi connectivity index (χ1) is 14.1. The zero-order chi connectivity index (χ0) is 20.2. The van der Waals surface area contributed by atoms with Gasteiger partial charge in [-0.2, -0.15) is 0 Å². The minimum atomic E-state index is -0.249. The molecule has 0 bridgehead atoms. The van der Waals surface area contributed by atoms with Crippen LogP contribution >= 0.6 is 0 Å². The molecule has 2 aliphatic heterocycles. The molecule has 0 unspecified atom stereocenters. The van der Waals surface area contributed by atoms with Gasteiger partial charge in [0.25, 0.3) is 0 Å². The number of rotatable bonds is 4. The van der Waals surface area contributed by atoms with E-state index in [9.17, 15) is 9.59 Å². The van der Waals surface area contributed by atoms with Crippen LogP contribution in [0.2, 0.25) is 0 Å². The van der Waals surface area contributed by atoms with Crippen LogP contribution in [0.5, 0.6) is 0 Å². The number of amides is 2. The van der Waals surface area contributed by atoms with Gasteiger partial charge in [0.15, 0.2) is 5.82 Å². The highest BCUT2D eigenvalue weighted by atomic mass is 16.2. The number of primary amides is 1. The molecule has 2 aliphatic rings. The largest absolute Gasteiger partial charge is 0.369 e. The predicted molar refractivity (Wildman–Crippen MR) is 109 cm³/mol. The second-order valence-corrected chi connectivity index (χ2v) is 7.78. The van der Waals surface area contributed by atoms with E-state index in [-0.39, 0.29) is 23.7 Å². The molecule has 29 heavy (non-hydrogen) atoms. The van der Waals surface area contributed by atoms with E-state index in [4.69, 9.17) is 5.73 Å². The molecule has 2 aromatic heterocycles. The van der Waals surface area contributed by atoms with Crippen molar-refractivity contribution in [3.8, 4) is 11.3 Å². The molecule has 0 saturated carbocycles. The normalized spacial score (nSPS) is 18.6. The summed E-state index contributed by atoms with van der Waals surface area (Å²) in [7, 11) is 0. The number of piperidine rings is 2. The Morgan fingerprint density at radius 3 is 2.10 bits per heavy atom. The maximum Gasteiger partial charge on any atom is 0.225 e. The van der Waals surface area contributed by atoms with Gasteiger partial charge in [-0.1, -0.05) is 0 Å². The van der Waals surface area contributed by atoms with Gasteiger partial charge in [0.1, 0.15) is 0 Å². The molecule has 2 saturated heterocycles. The first kappa shape index (κ1) is 19.3. The first-order valence-electron chi connectivity index (χ1n) is 10.2. The number of nitrogens with zero attached hydrogens (tertiary/aromatic N) is 5. The number of hydrogen-bond donors (Lipinski definition) is 1. The molecule has 0 spiro atoms. The summed E-state index contributed by atoms with van der Waals surface area (Å²) in [5.41, 5.74) is 7.19. The number of aromatic nitrogens is 3. The number of carbonyl (C=O) groups excluding carboxylic acids is 2. The lowest BCUT2D eigenvalue weighted by Crippen LogP contribution is -2.47. The highest BCUT2D eigenvalue weighted by molar-refractivity contribution is 5.80. The summed E-state index contributed by atoms with van der Waals surface area (Å²) in [5.74, 6) is 0.763. The zero-order valence-corrected chi connectivity index (χ0v) is 16.4. The van der Waals surface area contributed by atoms with E-state index in [1.165, 1.54) is 0 Å². The Hall–Kier alpha value is -3.03. The third kappa shape index (κ3) is 4.36. The fraction of sp³-hybridized carbons (Fsp3) is 0.476. The van der Waals surface area contributed by atoms with E-state index in [1.54, 1.807) is 12.4 Å². The van der Waals surface area contributed by atoms with Crippen molar-refractivity contribution in [1.82, 2.24) is 20.1 Å². The second-order valence-electron chi connectivity index (χ2n) is 7.78. The molecule has 0 atom stereocenters. The summed E-state index contributed by atoms with van der Waals surface area (Å²) in [4.78, 5) is 32.3. The molecule has 2 N–H and O–H groups in total. The number of nitrogens with two attached hydrogens (primary N) is 1. The van der Waals surface area contributed by atoms with E-state index in [0.29, 0.717) is 25.9 Å². The topological polar surface area (TPSA) is 105 Å². The predicted octanol–water partition coefficient (Wildman–Crippen LogP) is 1.48. The van der Waals surface area contributed by atoms with Gasteiger partial charge >= 0.3 is 0 Å². The monoisotopic (exact) mass is 394 g/mol. The number of hydrogen-bond acceptors (Lipinski definition) is 6.